The van der Waals surface area contributed by atoms with Gasteiger partial charge in [-0.2, -0.15) is 0 Å². The standard InChI is InChI=1S/C82H90N10O19/c1-49(2)75(89-74(94)48-107-33-32-105-30-31-106-34-35-108-64-25-21-60(22-26-64)92-77(96)50(3)51(4)78(92)97)69(93)38-55(10-8-27-84-81(83)100)76(95)87-58-17-11-52(12-18-58)47-111-82(101)88-59-19-13-53(14-20-59)56-36-61-43-85-67-41-72(70(103-6)39-65(67)79(98)90(61)45-56)109-28-9-29-110-73-42-68-66(40-71(73)104-7)80(99)91-46-57(37-62(91)44-86-68)54-15-23-63(102-5)24-16-54/h11-26,39-46,49,55,61-62,75H,8-10,27-38,47-48H2,1-7H3,(H,87,95)(H,88,101)(H,89,94)(H3,83,84,100)/t55-,61+,62+,75+/m1/s1. The highest BCUT2D eigenvalue weighted by Crippen LogP contribution is 2.43. The normalized spacial score (nSPS) is 16.0. The number of nitrogens with one attached hydrogen (secondary N) is 4. The molecule has 0 saturated heterocycles. The van der Waals surface area contributed by atoms with Crippen LogP contribution in [-0.2, 0) is 49.5 Å². The average molecular weight is 1520 g/mol. The molecule has 4 atom stereocenters. The van der Waals surface area contributed by atoms with Crippen LogP contribution in [0.5, 0.6) is 34.5 Å². The van der Waals surface area contributed by atoms with Crippen LogP contribution in [0.3, 0.4) is 0 Å². The largest absolute Gasteiger partial charge is 0.497 e. The van der Waals surface area contributed by atoms with Gasteiger partial charge in [0.25, 0.3) is 23.6 Å². The molecule has 5 aliphatic rings. The monoisotopic (exact) mass is 1520 g/mol. The van der Waals surface area contributed by atoms with E-state index in [2.05, 4.69) is 21.3 Å². The molecule has 29 nitrogen and oxygen atoms in total. The number of fused-ring (bicyclic) bond motifs is 4. The van der Waals surface area contributed by atoms with Crippen LogP contribution < -0.4 is 60.3 Å². The first-order valence-corrected chi connectivity index (χ1v) is 36.5. The molecule has 29 heteroatoms. The Labute approximate surface area is 642 Å². The summed E-state index contributed by atoms with van der Waals surface area (Å²) in [7, 11) is 4.64. The molecule has 0 fully saturated rings. The fourth-order valence-electron chi connectivity index (χ4n) is 13.0. The molecule has 6 aromatic carbocycles. The number of aliphatic imine (C=N–C) groups is 2. The summed E-state index contributed by atoms with van der Waals surface area (Å²) in [5, 5.41) is 10.9. The van der Waals surface area contributed by atoms with Gasteiger partial charge in [-0.3, -0.25) is 48.9 Å². The van der Waals surface area contributed by atoms with Crippen LogP contribution in [0.25, 0.3) is 11.1 Å². The number of nitrogens with two attached hydrogens (primary N) is 1. The Kier molecular flexibility index (Phi) is 27.1. The number of carbonyl (C=O) groups excluding carboxylic acids is 9. The lowest BCUT2D eigenvalue weighted by Crippen LogP contribution is -2.47. The summed E-state index contributed by atoms with van der Waals surface area (Å²) in [5.74, 6) is -0.833. The molecule has 0 aliphatic carbocycles. The third-order valence-electron chi connectivity index (χ3n) is 19.1. The van der Waals surface area contributed by atoms with Crippen molar-refractivity contribution in [3.63, 3.8) is 0 Å². The van der Waals surface area contributed by atoms with Crippen LogP contribution >= 0.6 is 0 Å². The van der Waals surface area contributed by atoms with E-state index in [0.29, 0.717) is 111 Å². The van der Waals surface area contributed by atoms with Crippen molar-refractivity contribution in [3.8, 4) is 34.5 Å². The summed E-state index contributed by atoms with van der Waals surface area (Å²) >= 11 is 0. The third-order valence-corrected chi connectivity index (χ3v) is 19.1. The molecule has 5 aliphatic heterocycles. The Hall–Kier alpha value is -12.2. The van der Waals surface area contributed by atoms with E-state index in [1.54, 1.807) is 148 Å². The van der Waals surface area contributed by atoms with Crippen LogP contribution in [0.2, 0.25) is 0 Å². The second-order valence-corrected chi connectivity index (χ2v) is 27.0. The molecule has 9 amide bonds. The van der Waals surface area contributed by atoms with Crippen molar-refractivity contribution in [2.24, 2.45) is 27.6 Å². The van der Waals surface area contributed by atoms with Gasteiger partial charge in [0.2, 0.25) is 11.8 Å². The number of amides is 9. The lowest BCUT2D eigenvalue weighted by molar-refractivity contribution is -0.133. The molecular weight excluding hydrogens is 1430 g/mol. The minimum atomic E-state index is -0.936. The molecule has 0 spiro atoms. The van der Waals surface area contributed by atoms with Gasteiger partial charge >= 0.3 is 12.1 Å². The molecule has 0 saturated carbocycles. The topological polar surface area (TPSA) is 355 Å². The van der Waals surface area contributed by atoms with Gasteiger partial charge in [-0.1, -0.05) is 50.2 Å². The number of urea groups is 1. The van der Waals surface area contributed by atoms with Crippen molar-refractivity contribution < 1.29 is 90.5 Å². The number of ether oxygens (including phenoxy) is 10. The summed E-state index contributed by atoms with van der Waals surface area (Å²) in [6.45, 7) is 8.32. The fraction of sp³-hybridized carbons (Fsp3) is 0.354. The zero-order valence-corrected chi connectivity index (χ0v) is 62.8. The van der Waals surface area contributed by atoms with E-state index in [0.717, 1.165) is 32.9 Å². The highest BCUT2D eigenvalue weighted by molar-refractivity contribution is 6.32. The summed E-state index contributed by atoms with van der Waals surface area (Å²) in [5.41, 5.74) is 13.4. The zero-order chi connectivity index (χ0) is 78.7. The smallest absolute Gasteiger partial charge is 0.411 e. The second-order valence-electron chi connectivity index (χ2n) is 27.0. The maximum Gasteiger partial charge on any atom is 0.411 e. The Morgan fingerprint density at radius 3 is 1.60 bits per heavy atom. The number of methoxy groups -OCH3 is 3. The molecular formula is C82H90N10O19. The van der Waals surface area contributed by atoms with Crippen LogP contribution in [0.15, 0.2) is 155 Å². The van der Waals surface area contributed by atoms with Gasteiger partial charge in [0.15, 0.2) is 28.8 Å². The van der Waals surface area contributed by atoms with Gasteiger partial charge in [-0.25, -0.2) is 14.5 Å². The van der Waals surface area contributed by atoms with Gasteiger partial charge in [0.05, 0.1) is 114 Å². The van der Waals surface area contributed by atoms with E-state index in [9.17, 15) is 43.2 Å². The molecule has 6 N–H and O–H groups in total. The molecule has 0 bridgehead atoms. The summed E-state index contributed by atoms with van der Waals surface area (Å²) < 4.78 is 57.0. The maximum absolute atomic E-state index is 14.2. The Bertz CT molecular complexity index is 4570. The fourth-order valence-corrected chi connectivity index (χ4v) is 13.0. The highest BCUT2D eigenvalue weighted by Gasteiger charge is 2.38. The number of Topliss-reactive ketones (excluding diaryl/α,β-unsaturated/α-hetero) is 1. The number of anilines is 3. The maximum atomic E-state index is 14.2. The quantitative estimate of drug-likeness (QED) is 0.0178. The number of nitrogens with zero attached hydrogens (tertiary/aromatic N) is 5. The van der Waals surface area contributed by atoms with E-state index in [-0.39, 0.29) is 133 Å². The number of rotatable bonds is 38. The third kappa shape index (κ3) is 20.4. The molecule has 0 radical (unpaired) electrons. The first-order chi connectivity index (χ1) is 53.7. The molecule has 111 heavy (non-hydrogen) atoms. The molecule has 11 rings (SSSR count). The molecule has 6 aromatic rings. The van der Waals surface area contributed by atoms with Crippen LogP contribution in [0.4, 0.5) is 38.0 Å². The number of primary amides is 1. The highest BCUT2D eigenvalue weighted by atomic mass is 16.6. The number of ketones is 1. The van der Waals surface area contributed by atoms with Crippen molar-refractivity contribution in [2.75, 3.05) is 103 Å². The molecule has 5 heterocycles. The predicted molar refractivity (Wildman–Crippen MR) is 413 cm³/mol. The second kappa shape index (κ2) is 37.7. The van der Waals surface area contributed by atoms with E-state index in [4.69, 9.17) is 63.1 Å². The average Bonchev–Trinajstić information content (AvgIpc) is 1.67. The first kappa shape index (κ1) is 79.8. The lowest BCUT2D eigenvalue weighted by Gasteiger charge is -2.24. The lowest BCUT2D eigenvalue weighted by atomic mass is 9.89. The van der Waals surface area contributed by atoms with Crippen LogP contribution in [-0.4, -0.2) is 181 Å². The van der Waals surface area contributed by atoms with Crippen LogP contribution in [0.1, 0.15) is 104 Å². The SMILES string of the molecule is COc1ccc(C2=CN3C(=O)c4cc(OC)c(OCCCOc5cc6c(cc5OC)C(=O)N5C=C(c7ccc(NC(=O)OCc8ccc(NC(=O)[C@H](CCCNC(N)=O)CC(=O)[C@@H](NC(=O)COCCOCCOCCOc9ccc(N%10C(=O)C(C)=C(C)C%10=O)cc9)C(C)C)cc8)cc7)C[C@H]5C=N6)cc4N=C[C@@H]3C2)cc1. The zero-order valence-electron chi connectivity index (χ0n) is 62.8. The van der Waals surface area contributed by atoms with Crippen LogP contribution in [0, 0.1) is 11.8 Å². The molecule has 0 unspecified atom stereocenters. The van der Waals surface area contributed by atoms with Gasteiger partial charge in [0.1, 0.15) is 31.3 Å². The van der Waals surface area contributed by atoms with Gasteiger partial charge in [-0.05, 0) is 133 Å². The van der Waals surface area contributed by atoms with Crippen molar-refractivity contribution in [1.82, 2.24) is 20.4 Å². The number of imide groups is 1. The summed E-state index contributed by atoms with van der Waals surface area (Å²) in [6.07, 6.45) is 8.35. The number of benzene rings is 6. The van der Waals surface area contributed by atoms with Gasteiger partial charge in [0, 0.05) is 97.6 Å². The van der Waals surface area contributed by atoms with E-state index < -0.39 is 35.9 Å². The Morgan fingerprint density at radius 2 is 1.07 bits per heavy atom. The minimum absolute atomic E-state index is 0.0922. The van der Waals surface area contributed by atoms with Crippen molar-refractivity contribution in [3.05, 3.63) is 173 Å². The van der Waals surface area contributed by atoms with Crippen molar-refractivity contribution >= 4 is 105 Å². The van der Waals surface area contributed by atoms with E-state index in [1.165, 1.54) is 14.2 Å². The van der Waals surface area contributed by atoms with Crippen molar-refractivity contribution in [2.45, 2.75) is 91.0 Å². The minimum Gasteiger partial charge on any atom is -0.497 e. The van der Waals surface area contributed by atoms with E-state index in [1.807, 2.05) is 42.6 Å². The van der Waals surface area contributed by atoms with Crippen molar-refractivity contribution in [1.29, 1.82) is 0 Å². The number of hydrogen-bond acceptors (Lipinski definition) is 21. The predicted octanol–water partition coefficient (Wildman–Crippen LogP) is 10.7. The summed E-state index contributed by atoms with van der Waals surface area (Å²) in [4.78, 5) is 132. The van der Waals surface area contributed by atoms with E-state index >= 15 is 0 Å². The van der Waals surface area contributed by atoms with Gasteiger partial charge < -0.3 is 78.9 Å². The number of hydrogen-bond donors (Lipinski definition) is 5. The summed E-state index contributed by atoms with van der Waals surface area (Å²) in [6, 6.07) is 32.5. The first-order valence-electron chi connectivity index (χ1n) is 36.5. The number of carbonyl (C=O) groups is 9. The van der Waals surface area contributed by atoms with Gasteiger partial charge in [-0.15, -0.1) is 0 Å². The Balaban J connectivity index is 0.581. The Morgan fingerprint density at radius 1 is 0.559 bits per heavy atom. The molecule has 0 aromatic heterocycles. The molecule has 582 valence electrons.